The Balaban J connectivity index is 0.000000930. The molecule has 0 amide bonds. The van der Waals surface area contributed by atoms with Gasteiger partial charge in [0.05, 0.1) is 0 Å². The lowest BCUT2D eigenvalue weighted by Crippen LogP contribution is -2.40. The Kier molecular flexibility index (Phi) is 15.7. The summed E-state index contributed by atoms with van der Waals surface area (Å²) in [6, 6.07) is 0.849. The summed E-state index contributed by atoms with van der Waals surface area (Å²) in [6.07, 6.45) is 15.9. The lowest BCUT2D eigenvalue weighted by Gasteiger charge is -2.45. The first-order valence-electron chi connectivity index (χ1n) is 13.1. The van der Waals surface area contributed by atoms with Crippen LogP contribution in [-0.2, 0) is 0 Å². The zero-order valence-electron chi connectivity index (χ0n) is 21.1. The summed E-state index contributed by atoms with van der Waals surface area (Å²) < 4.78 is 0. The number of rotatable bonds is 5. The number of likely N-dealkylation sites (tertiary alicyclic amines) is 1. The summed E-state index contributed by atoms with van der Waals surface area (Å²) in [5.74, 6) is 0. The Morgan fingerprint density at radius 2 is 1.36 bits per heavy atom. The molecular formula is C26H56N2. The second-order valence-electron chi connectivity index (χ2n) is 9.07. The van der Waals surface area contributed by atoms with E-state index in [-0.39, 0.29) is 0 Å². The molecule has 3 rings (SSSR count). The monoisotopic (exact) mass is 396 g/mol. The van der Waals surface area contributed by atoms with Gasteiger partial charge in [-0.1, -0.05) is 74.7 Å². The zero-order chi connectivity index (χ0) is 21.5. The van der Waals surface area contributed by atoms with Gasteiger partial charge in [0.25, 0.3) is 0 Å². The maximum atomic E-state index is 3.55. The smallest absolute Gasteiger partial charge is 0.0232 e. The molecule has 3 aliphatic rings. The van der Waals surface area contributed by atoms with Crippen molar-refractivity contribution in [1.29, 1.82) is 0 Å². The summed E-state index contributed by atoms with van der Waals surface area (Å²) in [7, 11) is 0. The van der Waals surface area contributed by atoms with Gasteiger partial charge < -0.3 is 5.32 Å². The third-order valence-corrected chi connectivity index (χ3v) is 6.95. The second-order valence-corrected chi connectivity index (χ2v) is 9.07. The van der Waals surface area contributed by atoms with E-state index in [1.165, 1.54) is 96.8 Å². The minimum Gasteiger partial charge on any atom is -0.315 e. The van der Waals surface area contributed by atoms with Crippen molar-refractivity contribution in [2.75, 3.05) is 26.2 Å². The highest BCUT2D eigenvalue weighted by molar-refractivity contribution is 4.99. The van der Waals surface area contributed by atoms with Crippen molar-refractivity contribution in [1.82, 2.24) is 10.2 Å². The highest BCUT2D eigenvalue weighted by Gasteiger charge is 2.46. The van der Waals surface area contributed by atoms with E-state index in [2.05, 4.69) is 37.9 Å². The normalized spacial score (nSPS) is 25.1. The van der Waals surface area contributed by atoms with E-state index in [0.717, 1.165) is 11.5 Å². The summed E-state index contributed by atoms with van der Waals surface area (Å²) in [5, 5.41) is 3.55. The van der Waals surface area contributed by atoms with Crippen molar-refractivity contribution in [2.24, 2.45) is 10.8 Å². The molecule has 0 aromatic rings. The molecule has 2 nitrogen and oxygen atoms in total. The molecule has 1 saturated carbocycles. The Labute approximate surface area is 179 Å². The molecule has 0 aromatic carbocycles. The van der Waals surface area contributed by atoms with Gasteiger partial charge in [0.2, 0.25) is 0 Å². The molecule has 1 unspecified atom stereocenters. The second kappa shape index (κ2) is 15.7. The molecule has 1 aliphatic carbocycles. The summed E-state index contributed by atoms with van der Waals surface area (Å²) >= 11 is 0. The molecule has 28 heavy (non-hydrogen) atoms. The maximum absolute atomic E-state index is 3.55. The fourth-order valence-corrected chi connectivity index (χ4v) is 5.64. The topological polar surface area (TPSA) is 15.3 Å². The van der Waals surface area contributed by atoms with E-state index in [9.17, 15) is 0 Å². The van der Waals surface area contributed by atoms with Crippen LogP contribution in [0.4, 0.5) is 0 Å². The van der Waals surface area contributed by atoms with Crippen molar-refractivity contribution in [3.05, 3.63) is 0 Å². The number of hydrogen-bond acceptors (Lipinski definition) is 2. The van der Waals surface area contributed by atoms with Gasteiger partial charge in [0.1, 0.15) is 0 Å². The van der Waals surface area contributed by atoms with Crippen LogP contribution in [0, 0.1) is 10.8 Å². The largest absolute Gasteiger partial charge is 0.315 e. The van der Waals surface area contributed by atoms with Crippen LogP contribution in [0.2, 0.25) is 0 Å². The fraction of sp³-hybridized carbons (Fsp3) is 1.00. The Morgan fingerprint density at radius 1 is 0.821 bits per heavy atom. The molecule has 3 fully saturated rings. The zero-order valence-corrected chi connectivity index (χ0v) is 21.1. The van der Waals surface area contributed by atoms with E-state index in [1.807, 2.05) is 27.7 Å². The average Bonchev–Trinajstić information content (AvgIpc) is 3.39. The first-order valence-corrected chi connectivity index (χ1v) is 13.1. The Bertz CT molecular complexity index is 330. The van der Waals surface area contributed by atoms with Gasteiger partial charge in [0.15, 0.2) is 0 Å². The standard InChI is InChI=1S/C19H36N2.C3H8.2C2H6/c1-3-6-18(7-4-2)8-10-19(11-9-18)12-14-21(16-19)17-5-13-20-15-17;1-3-2;2*1-2/h17,20H,3-16H2,1-2H3;3H2,1-2H3;2*1-2H3. The molecular weight excluding hydrogens is 340 g/mol. The lowest BCUT2D eigenvalue weighted by atomic mass is 9.60. The van der Waals surface area contributed by atoms with Crippen LogP contribution in [0.25, 0.3) is 0 Å². The van der Waals surface area contributed by atoms with Crippen LogP contribution >= 0.6 is 0 Å². The first-order chi connectivity index (χ1) is 13.6. The molecule has 1 spiro atoms. The van der Waals surface area contributed by atoms with Crippen LogP contribution in [0.5, 0.6) is 0 Å². The summed E-state index contributed by atoms with van der Waals surface area (Å²) in [5.41, 5.74) is 1.42. The Morgan fingerprint density at radius 3 is 1.79 bits per heavy atom. The fourth-order valence-electron chi connectivity index (χ4n) is 5.64. The van der Waals surface area contributed by atoms with Crippen molar-refractivity contribution in [3.63, 3.8) is 0 Å². The van der Waals surface area contributed by atoms with E-state index in [4.69, 9.17) is 0 Å². The van der Waals surface area contributed by atoms with E-state index < -0.39 is 0 Å². The Hall–Kier alpha value is -0.0800. The third-order valence-electron chi connectivity index (χ3n) is 6.95. The molecule has 170 valence electrons. The molecule has 2 heterocycles. The predicted molar refractivity (Wildman–Crippen MR) is 129 cm³/mol. The molecule has 0 bridgehead atoms. The van der Waals surface area contributed by atoms with E-state index in [0.29, 0.717) is 5.41 Å². The van der Waals surface area contributed by atoms with E-state index in [1.54, 1.807) is 0 Å². The lowest BCUT2D eigenvalue weighted by molar-refractivity contribution is 0.0616. The number of nitrogens with zero attached hydrogens (tertiary/aromatic N) is 1. The molecule has 1 atom stereocenters. The minimum absolute atomic E-state index is 0.702. The van der Waals surface area contributed by atoms with Crippen LogP contribution in [0.15, 0.2) is 0 Å². The van der Waals surface area contributed by atoms with Crippen LogP contribution < -0.4 is 5.32 Å². The molecule has 2 heteroatoms. The highest BCUT2D eigenvalue weighted by Crippen LogP contribution is 2.53. The quantitative estimate of drug-likeness (QED) is 0.513. The van der Waals surface area contributed by atoms with Crippen molar-refractivity contribution in [3.8, 4) is 0 Å². The van der Waals surface area contributed by atoms with Crippen molar-refractivity contribution in [2.45, 2.75) is 132 Å². The molecule has 0 aromatic heterocycles. The number of nitrogens with one attached hydrogen (secondary N) is 1. The van der Waals surface area contributed by atoms with Crippen LogP contribution in [0.3, 0.4) is 0 Å². The van der Waals surface area contributed by atoms with Gasteiger partial charge in [-0.25, -0.2) is 0 Å². The average molecular weight is 397 g/mol. The SMILES string of the molecule is CC.CC.CCC.CCCC1(CCC)CCC2(CCN(C3CCNC3)C2)CC1. The van der Waals surface area contributed by atoms with Gasteiger partial charge >= 0.3 is 0 Å². The van der Waals surface area contributed by atoms with Crippen molar-refractivity contribution < 1.29 is 0 Å². The highest BCUT2D eigenvalue weighted by atomic mass is 15.2. The summed E-state index contributed by atoms with van der Waals surface area (Å²) in [6.45, 7) is 22.3. The first kappa shape index (κ1) is 27.9. The molecule has 2 saturated heterocycles. The molecule has 2 aliphatic heterocycles. The van der Waals surface area contributed by atoms with Gasteiger partial charge in [-0.3, -0.25) is 4.90 Å². The van der Waals surface area contributed by atoms with Crippen LogP contribution in [-0.4, -0.2) is 37.1 Å². The minimum atomic E-state index is 0.702. The van der Waals surface area contributed by atoms with Gasteiger partial charge in [-0.2, -0.15) is 0 Å². The van der Waals surface area contributed by atoms with Gasteiger partial charge in [-0.15, -0.1) is 0 Å². The van der Waals surface area contributed by atoms with Gasteiger partial charge in [0, 0.05) is 19.1 Å². The van der Waals surface area contributed by atoms with Gasteiger partial charge in [-0.05, 0) is 75.3 Å². The predicted octanol–water partition coefficient (Wildman–Crippen LogP) is 7.67. The third kappa shape index (κ3) is 8.34. The molecule has 0 radical (unpaired) electrons. The van der Waals surface area contributed by atoms with Crippen LogP contribution in [0.1, 0.15) is 126 Å². The van der Waals surface area contributed by atoms with E-state index >= 15 is 0 Å². The summed E-state index contributed by atoms with van der Waals surface area (Å²) in [4.78, 5) is 2.83. The maximum Gasteiger partial charge on any atom is 0.0232 e. The molecule has 1 N–H and O–H groups in total. The van der Waals surface area contributed by atoms with Crippen molar-refractivity contribution >= 4 is 0 Å². The number of hydrogen-bond donors (Lipinski definition) is 1.